The molecule has 0 aliphatic heterocycles. The van der Waals surface area contributed by atoms with E-state index in [0.29, 0.717) is 34.2 Å². The van der Waals surface area contributed by atoms with Crippen LogP contribution in [0, 0.1) is 20.8 Å². The van der Waals surface area contributed by atoms with Gasteiger partial charge in [0.2, 0.25) is 0 Å². The SMILES string of the molecule is Cc1c(C)c(O)c(/C=C/Cc2ccc(O)cc2O)c(C)c1O. The Kier molecular flexibility index (Phi) is 4.31. The first-order chi connectivity index (χ1) is 10.3. The van der Waals surface area contributed by atoms with E-state index in [-0.39, 0.29) is 23.0 Å². The van der Waals surface area contributed by atoms with Gasteiger partial charge in [-0.05, 0) is 49.9 Å². The van der Waals surface area contributed by atoms with Crippen LogP contribution in [0.1, 0.15) is 27.8 Å². The molecule has 0 aliphatic carbocycles. The Labute approximate surface area is 129 Å². The Morgan fingerprint density at radius 1 is 0.864 bits per heavy atom. The highest BCUT2D eigenvalue weighted by Crippen LogP contribution is 2.37. The lowest BCUT2D eigenvalue weighted by molar-refractivity contribution is 0.447. The molecule has 0 aromatic heterocycles. The van der Waals surface area contributed by atoms with E-state index in [1.165, 1.54) is 12.1 Å². The van der Waals surface area contributed by atoms with Gasteiger partial charge >= 0.3 is 0 Å². The van der Waals surface area contributed by atoms with E-state index in [1.807, 2.05) is 0 Å². The average molecular weight is 300 g/mol. The zero-order valence-corrected chi connectivity index (χ0v) is 12.9. The highest BCUT2D eigenvalue weighted by molar-refractivity contribution is 5.68. The van der Waals surface area contributed by atoms with Crippen LogP contribution in [0.5, 0.6) is 23.0 Å². The van der Waals surface area contributed by atoms with Gasteiger partial charge in [-0.25, -0.2) is 0 Å². The molecule has 4 N–H and O–H groups in total. The van der Waals surface area contributed by atoms with Gasteiger partial charge in [0.15, 0.2) is 0 Å². The minimum absolute atomic E-state index is 0.0119. The number of allylic oxidation sites excluding steroid dienone is 1. The summed E-state index contributed by atoms with van der Waals surface area (Å²) in [7, 11) is 0. The van der Waals surface area contributed by atoms with E-state index < -0.39 is 0 Å². The van der Waals surface area contributed by atoms with Crippen molar-refractivity contribution >= 4 is 6.08 Å². The summed E-state index contributed by atoms with van der Waals surface area (Å²) in [6.07, 6.45) is 3.96. The molecule has 0 atom stereocenters. The molecule has 4 heteroatoms. The lowest BCUT2D eigenvalue weighted by Gasteiger charge is -2.13. The van der Waals surface area contributed by atoms with E-state index in [0.717, 1.165) is 0 Å². The van der Waals surface area contributed by atoms with Crippen LogP contribution < -0.4 is 0 Å². The van der Waals surface area contributed by atoms with Crippen molar-refractivity contribution in [1.82, 2.24) is 0 Å². The molecule has 0 heterocycles. The number of aromatic hydroxyl groups is 4. The molecule has 4 nitrogen and oxygen atoms in total. The first-order valence-corrected chi connectivity index (χ1v) is 7.02. The normalized spacial score (nSPS) is 11.2. The summed E-state index contributed by atoms with van der Waals surface area (Å²) in [5, 5.41) is 39.3. The van der Waals surface area contributed by atoms with Crippen molar-refractivity contribution in [3.63, 3.8) is 0 Å². The van der Waals surface area contributed by atoms with Gasteiger partial charge in [-0.1, -0.05) is 18.2 Å². The molecule has 0 aliphatic rings. The number of hydrogen-bond acceptors (Lipinski definition) is 4. The molecular formula is C18H20O4. The molecular weight excluding hydrogens is 280 g/mol. The molecule has 22 heavy (non-hydrogen) atoms. The maximum atomic E-state index is 10.2. The molecule has 0 fully saturated rings. The Morgan fingerprint density at radius 2 is 1.50 bits per heavy atom. The van der Waals surface area contributed by atoms with E-state index in [4.69, 9.17) is 0 Å². The van der Waals surface area contributed by atoms with Gasteiger partial charge in [-0.15, -0.1) is 0 Å². The standard InChI is InChI=1S/C18H20O4/c1-10-11(2)18(22)15(12(3)17(10)21)6-4-5-13-7-8-14(19)9-16(13)20/h4,6-9,19-22H,5H2,1-3H3/b6-4+. The van der Waals surface area contributed by atoms with Gasteiger partial charge in [-0.3, -0.25) is 0 Å². The number of phenols is 4. The fraction of sp³-hybridized carbons (Fsp3) is 0.222. The third-order valence-electron chi connectivity index (χ3n) is 3.98. The smallest absolute Gasteiger partial charge is 0.126 e. The number of rotatable bonds is 3. The van der Waals surface area contributed by atoms with Crippen LogP contribution in [0.4, 0.5) is 0 Å². The Hall–Kier alpha value is -2.62. The average Bonchev–Trinajstić information content (AvgIpc) is 2.48. The van der Waals surface area contributed by atoms with E-state index in [2.05, 4.69) is 0 Å². The number of hydrogen-bond donors (Lipinski definition) is 4. The quantitative estimate of drug-likeness (QED) is 0.652. The molecule has 2 aromatic carbocycles. The summed E-state index contributed by atoms with van der Waals surface area (Å²) < 4.78 is 0. The largest absolute Gasteiger partial charge is 0.508 e. The van der Waals surface area contributed by atoms with Gasteiger partial charge in [0, 0.05) is 17.2 Å². The van der Waals surface area contributed by atoms with Gasteiger partial charge in [0.25, 0.3) is 0 Å². The predicted molar refractivity (Wildman–Crippen MR) is 86.5 cm³/mol. The Morgan fingerprint density at radius 3 is 2.14 bits per heavy atom. The van der Waals surface area contributed by atoms with Crippen LogP contribution in [-0.4, -0.2) is 20.4 Å². The zero-order chi connectivity index (χ0) is 16.4. The number of phenolic OH excluding ortho intramolecular Hbond substituents is 4. The molecule has 2 aromatic rings. The lowest BCUT2D eigenvalue weighted by atomic mass is 9.96. The van der Waals surface area contributed by atoms with Crippen LogP contribution in [0.3, 0.4) is 0 Å². The molecule has 116 valence electrons. The van der Waals surface area contributed by atoms with Crippen LogP contribution in [-0.2, 0) is 6.42 Å². The van der Waals surface area contributed by atoms with Gasteiger partial charge in [0.05, 0.1) is 0 Å². The summed E-state index contributed by atoms with van der Waals surface area (Å²) in [6.45, 7) is 5.27. The minimum atomic E-state index is 0.0119. The fourth-order valence-electron chi connectivity index (χ4n) is 2.38. The molecule has 0 spiro atoms. The van der Waals surface area contributed by atoms with Crippen molar-refractivity contribution < 1.29 is 20.4 Å². The van der Waals surface area contributed by atoms with Crippen molar-refractivity contribution in [3.05, 3.63) is 52.1 Å². The van der Waals surface area contributed by atoms with Crippen LogP contribution in [0.15, 0.2) is 24.3 Å². The maximum absolute atomic E-state index is 10.2. The van der Waals surface area contributed by atoms with Crippen molar-refractivity contribution in [2.75, 3.05) is 0 Å². The number of benzene rings is 2. The maximum Gasteiger partial charge on any atom is 0.126 e. The van der Waals surface area contributed by atoms with Crippen LogP contribution >= 0.6 is 0 Å². The predicted octanol–water partition coefficient (Wildman–Crippen LogP) is 3.69. The molecule has 0 saturated heterocycles. The van der Waals surface area contributed by atoms with Gasteiger partial charge in [-0.2, -0.15) is 0 Å². The van der Waals surface area contributed by atoms with Crippen molar-refractivity contribution in [1.29, 1.82) is 0 Å². The molecule has 0 radical (unpaired) electrons. The first kappa shape index (κ1) is 15.8. The fourth-order valence-corrected chi connectivity index (χ4v) is 2.38. The summed E-state index contributed by atoms with van der Waals surface area (Å²) in [4.78, 5) is 0. The Balaban J connectivity index is 2.31. The summed E-state index contributed by atoms with van der Waals surface area (Å²) in [6, 6.07) is 4.43. The van der Waals surface area contributed by atoms with Crippen molar-refractivity contribution in [2.24, 2.45) is 0 Å². The van der Waals surface area contributed by atoms with Gasteiger partial charge in [0.1, 0.15) is 23.0 Å². The first-order valence-electron chi connectivity index (χ1n) is 7.02. The zero-order valence-electron chi connectivity index (χ0n) is 12.9. The van der Waals surface area contributed by atoms with E-state index in [1.54, 1.807) is 39.0 Å². The second-order valence-electron chi connectivity index (χ2n) is 5.41. The summed E-state index contributed by atoms with van der Waals surface area (Å²) >= 11 is 0. The van der Waals surface area contributed by atoms with E-state index >= 15 is 0 Å². The molecule has 0 unspecified atom stereocenters. The third kappa shape index (κ3) is 2.86. The topological polar surface area (TPSA) is 80.9 Å². The highest BCUT2D eigenvalue weighted by Gasteiger charge is 2.14. The molecule has 0 bridgehead atoms. The summed E-state index contributed by atoms with van der Waals surface area (Å²) in [5.41, 5.74) is 3.17. The van der Waals surface area contributed by atoms with Crippen LogP contribution in [0.25, 0.3) is 6.08 Å². The lowest BCUT2D eigenvalue weighted by Crippen LogP contribution is -1.92. The minimum Gasteiger partial charge on any atom is -0.508 e. The monoisotopic (exact) mass is 300 g/mol. The molecule has 2 rings (SSSR count). The molecule has 0 amide bonds. The second kappa shape index (κ2) is 6.02. The van der Waals surface area contributed by atoms with Crippen molar-refractivity contribution in [3.8, 4) is 23.0 Å². The third-order valence-corrected chi connectivity index (χ3v) is 3.98. The van der Waals surface area contributed by atoms with Gasteiger partial charge < -0.3 is 20.4 Å². The summed E-state index contributed by atoms with van der Waals surface area (Å²) in [5.74, 6) is 0.368. The van der Waals surface area contributed by atoms with Crippen LogP contribution in [0.2, 0.25) is 0 Å². The Bertz CT molecular complexity index is 716. The highest BCUT2D eigenvalue weighted by atomic mass is 16.3. The second-order valence-corrected chi connectivity index (χ2v) is 5.41. The molecule has 0 saturated carbocycles. The van der Waals surface area contributed by atoms with E-state index in [9.17, 15) is 20.4 Å². The van der Waals surface area contributed by atoms with Crippen molar-refractivity contribution in [2.45, 2.75) is 27.2 Å².